The number of benzene rings is 2. The van der Waals surface area contributed by atoms with Crippen LogP contribution in [0, 0.1) is 0 Å². The number of nitrogen functional groups attached to an aromatic ring is 1. The summed E-state index contributed by atoms with van der Waals surface area (Å²) >= 11 is 6.28. The first-order chi connectivity index (χ1) is 10.3. The highest BCUT2D eigenvalue weighted by Gasteiger charge is 2.10. The first-order valence-corrected chi connectivity index (χ1v) is 6.84. The fraction of sp³-hybridized carbons (Fsp3) is 0.0667. The lowest BCUT2D eigenvalue weighted by Gasteiger charge is -2.14. The zero-order chi connectivity index (χ0) is 14.7. The fourth-order valence-corrected chi connectivity index (χ4v) is 2.36. The number of nitrogens with zero attached hydrogens (tertiary/aromatic N) is 3. The Morgan fingerprint density at radius 2 is 2.00 bits per heavy atom. The van der Waals surface area contributed by atoms with Gasteiger partial charge in [-0.2, -0.15) is 5.10 Å². The molecule has 0 aliphatic carbocycles. The first kappa shape index (κ1) is 13.5. The fourth-order valence-electron chi connectivity index (χ4n) is 2.10. The molecule has 106 valence electrons. The van der Waals surface area contributed by atoms with Crippen molar-refractivity contribution in [2.45, 2.75) is 6.54 Å². The number of aromatic nitrogens is 3. The van der Waals surface area contributed by atoms with E-state index < -0.39 is 0 Å². The average Bonchev–Trinajstić information content (AvgIpc) is 3.00. The Morgan fingerprint density at radius 3 is 2.76 bits per heavy atom. The number of hydrogen-bond acceptors (Lipinski definition) is 4. The van der Waals surface area contributed by atoms with Crippen molar-refractivity contribution in [3.8, 4) is 5.69 Å². The van der Waals surface area contributed by atoms with Crippen molar-refractivity contribution < 1.29 is 0 Å². The molecule has 5 nitrogen and oxygen atoms in total. The van der Waals surface area contributed by atoms with E-state index >= 15 is 0 Å². The van der Waals surface area contributed by atoms with Crippen molar-refractivity contribution in [2.24, 2.45) is 0 Å². The molecule has 3 N–H and O–H groups in total. The van der Waals surface area contributed by atoms with Crippen LogP contribution in [-0.2, 0) is 6.54 Å². The highest BCUT2D eigenvalue weighted by Crippen LogP contribution is 2.28. The Labute approximate surface area is 127 Å². The van der Waals surface area contributed by atoms with E-state index in [9.17, 15) is 0 Å². The normalized spacial score (nSPS) is 10.5. The van der Waals surface area contributed by atoms with Gasteiger partial charge in [0.1, 0.15) is 18.3 Å². The molecule has 0 saturated carbocycles. The Balaban J connectivity index is 1.90. The Kier molecular flexibility index (Phi) is 3.75. The van der Waals surface area contributed by atoms with E-state index in [1.54, 1.807) is 11.0 Å². The average molecular weight is 300 g/mol. The van der Waals surface area contributed by atoms with Crippen LogP contribution in [0.15, 0.2) is 55.1 Å². The van der Waals surface area contributed by atoms with E-state index in [0.717, 1.165) is 22.6 Å². The minimum absolute atomic E-state index is 0.603. The SMILES string of the molecule is Nc1ccccc1CNc1cccc(Cl)c1-n1cncn1. The van der Waals surface area contributed by atoms with E-state index in [2.05, 4.69) is 15.4 Å². The lowest BCUT2D eigenvalue weighted by atomic mass is 10.1. The maximum Gasteiger partial charge on any atom is 0.138 e. The molecule has 0 aliphatic heterocycles. The quantitative estimate of drug-likeness (QED) is 0.726. The third-order valence-electron chi connectivity index (χ3n) is 3.16. The predicted octanol–water partition coefficient (Wildman–Crippen LogP) is 3.12. The molecular weight excluding hydrogens is 286 g/mol. The van der Waals surface area contributed by atoms with Gasteiger partial charge in [0, 0.05) is 12.2 Å². The van der Waals surface area contributed by atoms with Gasteiger partial charge in [-0.25, -0.2) is 9.67 Å². The van der Waals surface area contributed by atoms with Gasteiger partial charge in [-0.1, -0.05) is 35.9 Å². The van der Waals surface area contributed by atoms with Crippen LogP contribution in [0.4, 0.5) is 11.4 Å². The number of hydrogen-bond donors (Lipinski definition) is 2. The summed E-state index contributed by atoms with van der Waals surface area (Å²) in [6.45, 7) is 0.606. The second-order valence-electron chi connectivity index (χ2n) is 4.53. The molecule has 2 aromatic carbocycles. The third-order valence-corrected chi connectivity index (χ3v) is 3.46. The number of halogens is 1. The lowest BCUT2D eigenvalue weighted by molar-refractivity contribution is 0.878. The van der Waals surface area contributed by atoms with Crippen LogP contribution in [0.25, 0.3) is 5.69 Å². The van der Waals surface area contributed by atoms with E-state index in [-0.39, 0.29) is 0 Å². The lowest BCUT2D eigenvalue weighted by Crippen LogP contribution is -2.07. The van der Waals surface area contributed by atoms with Crippen LogP contribution < -0.4 is 11.1 Å². The Hall–Kier alpha value is -2.53. The van der Waals surface area contributed by atoms with Gasteiger partial charge in [0.05, 0.1) is 10.7 Å². The second kappa shape index (κ2) is 5.85. The number of rotatable bonds is 4. The topological polar surface area (TPSA) is 68.8 Å². The van der Waals surface area contributed by atoms with Crippen LogP contribution in [0.2, 0.25) is 5.02 Å². The predicted molar refractivity (Wildman–Crippen MR) is 84.6 cm³/mol. The Morgan fingerprint density at radius 1 is 1.14 bits per heavy atom. The summed E-state index contributed by atoms with van der Waals surface area (Å²) in [7, 11) is 0. The molecule has 6 heteroatoms. The second-order valence-corrected chi connectivity index (χ2v) is 4.94. The van der Waals surface area contributed by atoms with Crippen molar-refractivity contribution in [2.75, 3.05) is 11.1 Å². The molecule has 0 amide bonds. The molecular formula is C15H14ClN5. The van der Waals surface area contributed by atoms with Gasteiger partial charge in [-0.15, -0.1) is 0 Å². The minimum Gasteiger partial charge on any atom is -0.398 e. The van der Waals surface area contributed by atoms with Crippen molar-refractivity contribution in [1.82, 2.24) is 14.8 Å². The third kappa shape index (κ3) is 2.83. The largest absolute Gasteiger partial charge is 0.398 e. The maximum atomic E-state index is 6.28. The van der Waals surface area contributed by atoms with Gasteiger partial charge in [0.2, 0.25) is 0 Å². The number of para-hydroxylation sites is 2. The molecule has 0 fully saturated rings. The summed E-state index contributed by atoms with van der Waals surface area (Å²) in [5.41, 5.74) is 9.38. The highest BCUT2D eigenvalue weighted by atomic mass is 35.5. The van der Waals surface area contributed by atoms with Crippen molar-refractivity contribution in [1.29, 1.82) is 0 Å². The molecule has 1 heterocycles. The summed E-state index contributed by atoms with van der Waals surface area (Å²) in [6, 6.07) is 13.4. The van der Waals surface area contributed by atoms with Gasteiger partial charge in [-0.05, 0) is 23.8 Å². The van der Waals surface area contributed by atoms with E-state index in [1.807, 2.05) is 42.5 Å². The number of nitrogens with two attached hydrogens (primary N) is 1. The molecule has 0 bridgehead atoms. The molecule has 0 saturated heterocycles. The standard InChI is InChI=1S/C15H14ClN5/c16-12-5-3-7-14(15(12)21-10-18-9-20-21)19-8-11-4-1-2-6-13(11)17/h1-7,9-10,19H,8,17H2. The van der Waals surface area contributed by atoms with Crippen molar-refractivity contribution >= 4 is 23.0 Å². The molecule has 0 spiro atoms. The van der Waals surface area contributed by atoms with Gasteiger partial charge >= 0.3 is 0 Å². The molecule has 3 aromatic rings. The van der Waals surface area contributed by atoms with Crippen molar-refractivity contribution in [3.05, 3.63) is 65.7 Å². The van der Waals surface area contributed by atoms with Gasteiger partial charge < -0.3 is 11.1 Å². The minimum atomic E-state index is 0.603. The van der Waals surface area contributed by atoms with Crippen LogP contribution in [-0.4, -0.2) is 14.8 Å². The number of nitrogens with one attached hydrogen (secondary N) is 1. The van der Waals surface area contributed by atoms with Crippen molar-refractivity contribution in [3.63, 3.8) is 0 Å². The molecule has 1 aromatic heterocycles. The number of anilines is 2. The van der Waals surface area contributed by atoms with Gasteiger partial charge in [-0.3, -0.25) is 0 Å². The van der Waals surface area contributed by atoms with Crippen LogP contribution in [0.1, 0.15) is 5.56 Å². The molecule has 3 rings (SSSR count). The molecule has 0 radical (unpaired) electrons. The van der Waals surface area contributed by atoms with E-state index in [4.69, 9.17) is 17.3 Å². The zero-order valence-corrected chi connectivity index (χ0v) is 12.0. The Bertz CT molecular complexity index is 740. The van der Waals surface area contributed by atoms with E-state index in [0.29, 0.717) is 11.6 Å². The van der Waals surface area contributed by atoms with E-state index in [1.165, 1.54) is 6.33 Å². The first-order valence-electron chi connectivity index (χ1n) is 6.46. The molecule has 0 atom stereocenters. The van der Waals surface area contributed by atoms with Gasteiger partial charge in [0.25, 0.3) is 0 Å². The van der Waals surface area contributed by atoms with Crippen LogP contribution in [0.3, 0.4) is 0 Å². The maximum absolute atomic E-state index is 6.28. The molecule has 21 heavy (non-hydrogen) atoms. The zero-order valence-electron chi connectivity index (χ0n) is 11.2. The summed E-state index contributed by atoms with van der Waals surface area (Å²) in [5, 5.41) is 8.09. The smallest absolute Gasteiger partial charge is 0.138 e. The highest BCUT2D eigenvalue weighted by molar-refractivity contribution is 6.33. The summed E-state index contributed by atoms with van der Waals surface area (Å²) in [5.74, 6) is 0. The van der Waals surface area contributed by atoms with Crippen LogP contribution in [0.5, 0.6) is 0 Å². The van der Waals surface area contributed by atoms with Crippen LogP contribution >= 0.6 is 11.6 Å². The molecule has 0 aliphatic rings. The molecule has 0 unspecified atom stereocenters. The van der Waals surface area contributed by atoms with Gasteiger partial charge in [0.15, 0.2) is 0 Å². The summed E-state index contributed by atoms with van der Waals surface area (Å²) < 4.78 is 1.64. The summed E-state index contributed by atoms with van der Waals surface area (Å²) in [4.78, 5) is 3.96. The monoisotopic (exact) mass is 299 g/mol. The summed E-state index contributed by atoms with van der Waals surface area (Å²) in [6.07, 6.45) is 3.09.